The second kappa shape index (κ2) is 4.75. The van der Waals surface area contributed by atoms with Gasteiger partial charge in [0.25, 0.3) is 0 Å². The Kier molecular flexibility index (Phi) is 3.37. The molecule has 1 aromatic carbocycles. The van der Waals surface area contributed by atoms with E-state index in [1.165, 1.54) is 12.0 Å². The lowest BCUT2D eigenvalue weighted by molar-refractivity contribution is 0.374. The summed E-state index contributed by atoms with van der Waals surface area (Å²) in [5.74, 6) is 0.763. The van der Waals surface area contributed by atoms with Gasteiger partial charge in [-0.05, 0) is 49.9 Å². The van der Waals surface area contributed by atoms with Crippen molar-refractivity contribution in [3.05, 3.63) is 35.4 Å². The van der Waals surface area contributed by atoms with Crippen LogP contribution in [0.5, 0.6) is 0 Å². The van der Waals surface area contributed by atoms with Gasteiger partial charge in [0.1, 0.15) is 6.17 Å². The van der Waals surface area contributed by atoms with Gasteiger partial charge in [-0.25, -0.2) is 4.39 Å². The predicted molar refractivity (Wildman–Crippen MR) is 60.6 cm³/mol. The number of hydrogen-bond acceptors (Lipinski definition) is 1. The van der Waals surface area contributed by atoms with E-state index in [4.69, 9.17) is 0 Å². The van der Waals surface area contributed by atoms with Crippen LogP contribution in [0.1, 0.15) is 30.6 Å². The number of benzene rings is 1. The normalized spacial score (nSPS) is 22.9. The number of alkyl halides is 1. The van der Waals surface area contributed by atoms with E-state index in [1.54, 1.807) is 6.92 Å². The first-order valence-electron chi connectivity index (χ1n) is 5.69. The lowest BCUT2D eigenvalue weighted by atomic mass is 9.97. The van der Waals surface area contributed by atoms with Gasteiger partial charge in [-0.2, -0.15) is 0 Å². The standard InChI is InChI=1S/C13H18FN/c1-10(14)13-4-2-11(3-5-13)8-12-6-7-15-9-12/h2-5,10,12,15H,6-9H2,1H3. The van der Waals surface area contributed by atoms with E-state index in [1.807, 2.05) is 12.1 Å². The van der Waals surface area contributed by atoms with Crippen LogP contribution >= 0.6 is 0 Å². The summed E-state index contributed by atoms with van der Waals surface area (Å²) in [4.78, 5) is 0. The summed E-state index contributed by atoms with van der Waals surface area (Å²) in [6.45, 7) is 3.85. The molecule has 1 N–H and O–H groups in total. The summed E-state index contributed by atoms with van der Waals surface area (Å²) in [5.41, 5.74) is 2.11. The summed E-state index contributed by atoms with van der Waals surface area (Å²) in [5, 5.41) is 3.36. The maximum atomic E-state index is 13.0. The minimum Gasteiger partial charge on any atom is -0.316 e. The van der Waals surface area contributed by atoms with Gasteiger partial charge in [0.05, 0.1) is 0 Å². The Morgan fingerprint density at radius 2 is 2.13 bits per heavy atom. The number of hydrogen-bond donors (Lipinski definition) is 1. The zero-order chi connectivity index (χ0) is 10.7. The molecule has 82 valence electrons. The highest BCUT2D eigenvalue weighted by molar-refractivity contribution is 5.24. The molecule has 1 aromatic rings. The largest absolute Gasteiger partial charge is 0.316 e. The monoisotopic (exact) mass is 207 g/mol. The van der Waals surface area contributed by atoms with Crippen LogP contribution in [0, 0.1) is 5.92 Å². The minimum absolute atomic E-state index is 0.763. The Morgan fingerprint density at radius 1 is 1.40 bits per heavy atom. The molecule has 15 heavy (non-hydrogen) atoms. The fourth-order valence-electron chi connectivity index (χ4n) is 2.14. The zero-order valence-corrected chi connectivity index (χ0v) is 9.17. The summed E-state index contributed by atoms with van der Waals surface area (Å²) in [6.07, 6.45) is 1.53. The third-order valence-corrected chi connectivity index (χ3v) is 3.13. The molecule has 2 heteroatoms. The van der Waals surface area contributed by atoms with Crippen molar-refractivity contribution in [2.45, 2.75) is 25.9 Å². The van der Waals surface area contributed by atoms with E-state index >= 15 is 0 Å². The van der Waals surface area contributed by atoms with Gasteiger partial charge in [-0.15, -0.1) is 0 Å². The maximum Gasteiger partial charge on any atom is 0.122 e. The Bertz CT molecular complexity index is 299. The van der Waals surface area contributed by atoms with Crippen LogP contribution in [0.2, 0.25) is 0 Å². The van der Waals surface area contributed by atoms with Crippen molar-refractivity contribution in [2.75, 3.05) is 13.1 Å². The molecular weight excluding hydrogens is 189 g/mol. The van der Waals surface area contributed by atoms with E-state index < -0.39 is 6.17 Å². The van der Waals surface area contributed by atoms with Crippen molar-refractivity contribution >= 4 is 0 Å². The Morgan fingerprint density at radius 3 is 2.67 bits per heavy atom. The highest BCUT2D eigenvalue weighted by atomic mass is 19.1. The van der Waals surface area contributed by atoms with E-state index in [0.717, 1.165) is 31.0 Å². The SMILES string of the molecule is CC(F)c1ccc(CC2CCNC2)cc1. The summed E-state index contributed by atoms with van der Waals surface area (Å²) in [7, 11) is 0. The molecule has 1 nitrogen and oxygen atoms in total. The molecule has 2 atom stereocenters. The third-order valence-electron chi connectivity index (χ3n) is 3.13. The zero-order valence-electron chi connectivity index (χ0n) is 9.17. The third kappa shape index (κ3) is 2.78. The average Bonchev–Trinajstić information content (AvgIpc) is 2.71. The van der Waals surface area contributed by atoms with Crippen LogP contribution in [0.15, 0.2) is 24.3 Å². The lowest BCUT2D eigenvalue weighted by Gasteiger charge is -2.09. The predicted octanol–water partition coefficient (Wildman–Crippen LogP) is 2.87. The summed E-state index contributed by atoms with van der Waals surface area (Å²) >= 11 is 0. The molecule has 0 aromatic heterocycles. The van der Waals surface area contributed by atoms with E-state index in [9.17, 15) is 4.39 Å². The van der Waals surface area contributed by atoms with Crippen LogP contribution in [0.4, 0.5) is 4.39 Å². The van der Waals surface area contributed by atoms with Crippen LogP contribution in [-0.4, -0.2) is 13.1 Å². The molecule has 0 saturated carbocycles. The van der Waals surface area contributed by atoms with Crippen molar-refractivity contribution in [1.29, 1.82) is 0 Å². The van der Waals surface area contributed by atoms with Gasteiger partial charge < -0.3 is 5.32 Å². The second-order valence-corrected chi connectivity index (χ2v) is 4.42. The van der Waals surface area contributed by atoms with E-state index in [-0.39, 0.29) is 0 Å². The fraction of sp³-hybridized carbons (Fsp3) is 0.538. The summed E-state index contributed by atoms with van der Waals surface area (Å²) in [6, 6.07) is 7.93. The van der Waals surface area contributed by atoms with Crippen molar-refractivity contribution < 1.29 is 4.39 Å². The Balaban J connectivity index is 1.97. The molecule has 1 fully saturated rings. The van der Waals surface area contributed by atoms with Crippen LogP contribution in [-0.2, 0) is 6.42 Å². The number of halogens is 1. The van der Waals surface area contributed by atoms with Crippen molar-refractivity contribution in [2.24, 2.45) is 5.92 Å². The lowest BCUT2D eigenvalue weighted by Crippen LogP contribution is -2.10. The smallest absolute Gasteiger partial charge is 0.122 e. The van der Waals surface area contributed by atoms with Crippen LogP contribution in [0.25, 0.3) is 0 Å². The number of rotatable bonds is 3. The van der Waals surface area contributed by atoms with Crippen molar-refractivity contribution in [3.63, 3.8) is 0 Å². The highest BCUT2D eigenvalue weighted by Crippen LogP contribution is 2.19. The van der Waals surface area contributed by atoms with E-state index in [0.29, 0.717) is 0 Å². The highest BCUT2D eigenvalue weighted by Gasteiger charge is 2.14. The molecule has 0 spiro atoms. The molecule has 0 amide bonds. The maximum absolute atomic E-state index is 13.0. The molecule has 1 saturated heterocycles. The molecule has 0 bridgehead atoms. The number of nitrogens with one attached hydrogen (secondary N) is 1. The van der Waals surface area contributed by atoms with Gasteiger partial charge >= 0.3 is 0 Å². The topological polar surface area (TPSA) is 12.0 Å². The molecule has 2 unspecified atom stereocenters. The van der Waals surface area contributed by atoms with Gasteiger partial charge in [0, 0.05) is 0 Å². The van der Waals surface area contributed by atoms with Gasteiger partial charge in [0.2, 0.25) is 0 Å². The molecule has 2 rings (SSSR count). The minimum atomic E-state index is -0.854. The van der Waals surface area contributed by atoms with Gasteiger partial charge in [-0.3, -0.25) is 0 Å². The first-order valence-corrected chi connectivity index (χ1v) is 5.69. The van der Waals surface area contributed by atoms with Gasteiger partial charge in [0.15, 0.2) is 0 Å². The Hall–Kier alpha value is -0.890. The van der Waals surface area contributed by atoms with Crippen molar-refractivity contribution in [1.82, 2.24) is 5.32 Å². The molecule has 1 heterocycles. The molecule has 0 aliphatic carbocycles. The first kappa shape index (κ1) is 10.6. The van der Waals surface area contributed by atoms with Gasteiger partial charge in [-0.1, -0.05) is 24.3 Å². The second-order valence-electron chi connectivity index (χ2n) is 4.42. The first-order chi connectivity index (χ1) is 7.25. The molecular formula is C13H18FN. The fourth-order valence-corrected chi connectivity index (χ4v) is 2.14. The molecule has 1 aliphatic heterocycles. The van der Waals surface area contributed by atoms with Crippen LogP contribution < -0.4 is 5.32 Å². The molecule has 1 aliphatic rings. The Labute approximate surface area is 90.7 Å². The average molecular weight is 207 g/mol. The van der Waals surface area contributed by atoms with E-state index in [2.05, 4.69) is 17.4 Å². The van der Waals surface area contributed by atoms with Crippen molar-refractivity contribution in [3.8, 4) is 0 Å². The quantitative estimate of drug-likeness (QED) is 0.803. The van der Waals surface area contributed by atoms with Crippen LogP contribution in [0.3, 0.4) is 0 Å². The summed E-state index contributed by atoms with van der Waals surface area (Å²) < 4.78 is 13.0. The molecule has 0 radical (unpaired) electrons.